The Morgan fingerprint density at radius 1 is 1.03 bits per heavy atom. The molecule has 0 radical (unpaired) electrons. The van der Waals surface area contributed by atoms with Gasteiger partial charge in [0.05, 0.1) is 0 Å². The van der Waals surface area contributed by atoms with Crippen molar-refractivity contribution in [2.45, 2.75) is 45.1 Å². The average Bonchev–Trinajstić information content (AvgIpc) is 2.70. The maximum absolute atomic E-state index is 12.7. The van der Waals surface area contributed by atoms with Crippen molar-refractivity contribution in [2.75, 3.05) is 18.4 Å². The van der Waals surface area contributed by atoms with Crippen LogP contribution in [0.1, 0.15) is 42.9 Å². The fourth-order valence-electron chi connectivity index (χ4n) is 4.52. The van der Waals surface area contributed by atoms with E-state index >= 15 is 0 Å². The molecule has 2 aliphatic heterocycles. The Kier molecular flexibility index (Phi) is 5.51. The molecule has 1 aromatic heterocycles. The molecular formula is C23H27N3O3. The van der Waals surface area contributed by atoms with Crippen LogP contribution in [-0.4, -0.2) is 34.4 Å². The largest absolute Gasteiger partial charge is 0.342 e. The molecule has 0 spiro atoms. The number of aromatic nitrogens is 1. The number of carbonyl (C=O) groups excluding carboxylic acids is 2. The van der Waals surface area contributed by atoms with Crippen molar-refractivity contribution in [3.05, 3.63) is 64.1 Å². The Hall–Kier alpha value is -2.89. The highest BCUT2D eigenvalue weighted by molar-refractivity contribution is 5.91. The van der Waals surface area contributed by atoms with Gasteiger partial charge in [-0.15, -0.1) is 0 Å². The third-order valence-electron chi connectivity index (χ3n) is 5.96. The molecule has 1 unspecified atom stereocenters. The summed E-state index contributed by atoms with van der Waals surface area (Å²) in [6, 6.07) is 13.1. The summed E-state index contributed by atoms with van der Waals surface area (Å²) in [5, 5.41) is 2.87. The zero-order chi connectivity index (χ0) is 20.4. The first kappa shape index (κ1) is 19.4. The number of benzene rings is 1. The maximum atomic E-state index is 12.7. The van der Waals surface area contributed by atoms with Gasteiger partial charge in [-0.1, -0.05) is 23.8 Å². The fraction of sp³-hybridized carbons (Fsp3) is 0.435. The summed E-state index contributed by atoms with van der Waals surface area (Å²) in [6.45, 7) is 4.05. The highest BCUT2D eigenvalue weighted by Gasteiger charge is 2.35. The number of carbonyl (C=O) groups is 2. The number of nitrogens with zero attached hydrogens (tertiary/aromatic N) is 2. The number of aryl methyl sites for hydroxylation is 1. The number of pyridine rings is 1. The summed E-state index contributed by atoms with van der Waals surface area (Å²) < 4.78 is 1.87. The summed E-state index contributed by atoms with van der Waals surface area (Å²) in [4.78, 5) is 38.9. The Balaban J connectivity index is 1.28. The van der Waals surface area contributed by atoms with Crippen LogP contribution in [0.3, 0.4) is 0 Å². The number of anilines is 1. The van der Waals surface area contributed by atoms with Gasteiger partial charge in [0.15, 0.2) is 0 Å². The van der Waals surface area contributed by atoms with Crippen molar-refractivity contribution in [3.8, 4) is 0 Å². The van der Waals surface area contributed by atoms with Gasteiger partial charge < -0.3 is 14.8 Å². The first-order valence-corrected chi connectivity index (χ1v) is 10.3. The summed E-state index contributed by atoms with van der Waals surface area (Å²) in [7, 11) is 0. The van der Waals surface area contributed by atoms with Crippen LogP contribution in [0, 0.1) is 12.8 Å². The topological polar surface area (TPSA) is 71.4 Å². The summed E-state index contributed by atoms with van der Waals surface area (Å²) in [5.41, 5.74) is 3.03. The molecule has 29 heavy (non-hydrogen) atoms. The minimum atomic E-state index is -0.0644. The van der Waals surface area contributed by atoms with Crippen molar-refractivity contribution in [3.63, 3.8) is 0 Å². The minimum Gasteiger partial charge on any atom is -0.342 e. The van der Waals surface area contributed by atoms with Gasteiger partial charge in [-0.3, -0.25) is 14.4 Å². The van der Waals surface area contributed by atoms with Crippen LogP contribution in [0.15, 0.2) is 47.3 Å². The molecule has 0 aliphatic carbocycles. The molecule has 2 aromatic rings. The van der Waals surface area contributed by atoms with E-state index in [1.807, 2.05) is 52.8 Å². The molecule has 1 aromatic carbocycles. The normalized spacial score (nSPS) is 20.1. The van der Waals surface area contributed by atoms with E-state index < -0.39 is 0 Å². The average molecular weight is 393 g/mol. The highest BCUT2D eigenvalue weighted by atomic mass is 16.2. The number of rotatable bonds is 5. The summed E-state index contributed by atoms with van der Waals surface area (Å²) >= 11 is 0. The maximum Gasteiger partial charge on any atom is 0.250 e. The number of hydrogen-bond acceptors (Lipinski definition) is 3. The van der Waals surface area contributed by atoms with Gasteiger partial charge in [0.1, 0.15) is 0 Å². The molecule has 6 nitrogen and oxygen atoms in total. The lowest BCUT2D eigenvalue weighted by molar-refractivity contribution is -0.134. The van der Waals surface area contributed by atoms with Crippen LogP contribution >= 0.6 is 0 Å². The molecule has 152 valence electrons. The van der Waals surface area contributed by atoms with E-state index in [0.29, 0.717) is 44.8 Å². The Bertz CT molecular complexity index is 964. The predicted molar refractivity (Wildman–Crippen MR) is 112 cm³/mol. The number of amides is 2. The lowest BCUT2D eigenvalue weighted by Gasteiger charge is -2.42. The van der Waals surface area contributed by atoms with Crippen molar-refractivity contribution in [2.24, 2.45) is 5.92 Å². The van der Waals surface area contributed by atoms with Gasteiger partial charge in [0.25, 0.3) is 5.56 Å². The molecular weight excluding hydrogens is 366 g/mol. The van der Waals surface area contributed by atoms with Crippen molar-refractivity contribution in [1.82, 2.24) is 9.47 Å². The van der Waals surface area contributed by atoms with Gasteiger partial charge in [0, 0.05) is 55.8 Å². The van der Waals surface area contributed by atoms with Gasteiger partial charge >= 0.3 is 0 Å². The molecule has 0 saturated carbocycles. The Labute approximate surface area is 170 Å². The summed E-state index contributed by atoms with van der Waals surface area (Å²) in [6.07, 6.45) is 2.28. The Morgan fingerprint density at radius 3 is 2.62 bits per heavy atom. The second-order valence-corrected chi connectivity index (χ2v) is 8.26. The van der Waals surface area contributed by atoms with E-state index in [-0.39, 0.29) is 23.3 Å². The molecule has 1 fully saturated rings. The number of hydrogen-bond donors (Lipinski definition) is 1. The van der Waals surface area contributed by atoms with Crippen LogP contribution in [-0.2, 0) is 16.1 Å². The second-order valence-electron chi connectivity index (χ2n) is 8.26. The molecule has 2 atom stereocenters. The third kappa shape index (κ3) is 4.42. The van der Waals surface area contributed by atoms with E-state index in [2.05, 4.69) is 5.32 Å². The van der Waals surface area contributed by atoms with Crippen molar-refractivity contribution >= 4 is 17.5 Å². The van der Waals surface area contributed by atoms with Gasteiger partial charge in [-0.2, -0.15) is 0 Å². The van der Waals surface area contributed by atoms with Crippen molar-refractivity contribution < 1.29 is 9.59 Å². The SMILES string of the molecule is Cc1ccc(NC(=O)CCCC(=O)N2CC3C[C@@H](C2)c2cccc(=O)n2C3)cc1. The lowest BCUT2D eigenvalue weighted by atomic mass is 9.83. The standard InChI is InChI=1S/C23H27N3O3/c1-16-8-10-19(11-9-16)24-21(27)5-3-6-22(28)25-13-17-12-18(15-25)20-4-2-7-23(29)26(20)14-17/h2,4,7-11,17-18H,3,5-6,12-15H2,1H3,(H,24,27)/t17?,18-/m0/s1. The monoisotopic (exact) mass is 393 g/mol. The summed E-state index contributed by atoms with van der Waals surface area (Å²) in [5.74, 6) is 0.598. The van der Waals surface area contributed by atoms with Gasteiger partial charge in [0.2, 0.25) is 11.8 Å². The van der Waals surface area contributed by atoms with Crippen LogP contribution in [0.4, 0.5) is 5.69 Å². The smallest absolute Gasteiger partial charge is 0.250 e. The molecule has 4 rings (SSSR count). The van der Waals surface area contributed by atoms with Crippen LogP contribution < -0.4 is 10.9 Å². The fourth-order valence-corrected chi connectivity index (χ4v) is 4.52. The van der Waals surface area contributed by atoms with Crippen molar-refractivity contribution in [1.29, 1.82) is 0 Å². The van der Waals surface area contributed by atoms with E-state index in [1.165, 1.54) is 0 Å². The van der Waals surface area contributed by atoms with Crippen LogP contribution in [0.25, 0.3) is 0 Å². The third-order valence-corrected chi connectivity index (χ3v) is 5.96. The molecule has 2 amide bonds. The zero-order valence-electron chi connectivity index (χ0n) is 16.8. The lowest BCUT2D eigenvalue weighted by Crippen LogP contribution is -2.49. The quantitative estimate of drug-likeness (QED) is 0.849. The predicted octanol–water partition coefficient (Wildman–Crippen LogP) is 2.91. The first-order valence-electron chi connectivity index (χ1n) is 10.3. The second kappa shape index (κ2) is 8.23. The molecule has 1 saturated heterocycles. The first-order chi connectivity index (χ1) is 14.0. The van der Waals surface area contributed by atoms with E-state index in [1.54, 1.807) is 6.07 Å². The van der Waals surface area contributed by atoms with Crippen LogP contribution in [0.2, 0.25) is 0 Å². The molecule has 3 heterocycles. The number of piperidine rings is 1. The highest BCUT2D eigenvalue weighted by Crippen LogP contribution is 2.35. The zero-order valence-corrected chi connectivity index (χ0v) is 16.8. The number of likely N-dealkylation sites (tertiary alicyclic amines) is 1. The van der Waals surface area contributed by atoms with E-state index in [9.17, 15) is 14.4 Å². The van der Waals surface area contributed by atoms with Gasteiger partial charge in [-0.05, 0) is 43.9 Å². The van der Waals surface area contributed by atoms with Crippen LogP contribution in [0.5, 0.6) is 0 Å². The minimum absolute atomic E-state index is 0.0524. The molecule has 2 aliphatic rings. The van der Waals surface area contributed by atoms with E-state index in [4.69, 9.17) is 0 Å². The van der Waals surface area contributed by atoms with Gasteiger partial charge in [-0.25, -0.2) is 0 Å². The molecule has 1 N–H and O–H groups in total. The molecule has 2 bridgehead atoms. The molecule has 6 heteroatoms. The number of fused-ring (bicyclic) bond motifs is 4. The Morgan fingerprint density at radius 2 is 1.83 bits per heavy atom. The van der Waals surface area contributed by atoms with E-state index in [0.717, 1.165) is 23.4 Å². The number of nitrogens with one attached hydrogen (secondary N) is 1.